The Hall–Kier alpha value is -4.63. The fourth-order valence-electron chi connectivity index (χ4n) is 5.42. The summed E-state index contributed by atoms with van der Waals surface area (Å²) in [7, 11) is -2.61. The van der Waals surface area contributed by atoms with Crippen LogP contribution in [0.4, 0.5) is 5.69 Å². The first kappa shape index (κ1) is 35.2. The average Bonchev–Trinajstić information content (AvgIpc) is 3.05. The van der Waals surface area contributed by atoms with Gasteiger partial charge in [-0.15, -0.1) is 0 Å². The van der Waals surface area contributed by atoms with E-state index in [1.165, 1.54) is 4.90 Å². The van der Waals surface area contributed by atoms with Crippen LogP contribution in [0, 0.1) is 20.8 Å². The van der Waals surface area contributed by atoms with E-state index in [-0.39, 0.29) is 29.8 Å². The Kier molecular flexibility index (Phi) is 11.8. The molecular weight excluding hydrogens is 611 g/mol. The number of nitrogens with one attached hydrogen (secondary N) is 1. The summed E-state index contributed by atoms with van der Waals surface area (Å²) >= 11 is 0. The summed E-state index contributed by atoms with van der Waals surface area (Å²) in [4.78, 5) is 30.3. The lowest BCUT2D eigenvalue weighted by Crippen LogP contribution is -2.54. The van der Waals surface area contributed by atoms with Crippen LogP contribution in [-0.4, -0.2) is 50.9 Å². The number of benzene rings is 4. The lowest BCUT2D eigenvalue weighted by Gasteiger charge is -2.34. The minimum atomic E-state index is -4.18. The van der Waals surface area contributed by atoms with Gasteiger partial charge in [0.1, 0.15) is 18.3 Å². The van der Waals surface area contributed by atoms with Gasteiger partial charge in [0.2, 0.25) is 11.8 Å². The molecule has 0 heterocycles. The number of carbonyl (C=O) groups is 2. The average molecular weight is 656 g/mol. The first-order chi connectivity index (χ1) is 22.4. The van der Waals surface area contributed by atoms with Crippen molar-refractivity contribution in [1.29, 1.82) is 0 Å². The van der Waals surface area contributed by atoms with Crippen LogP contribution in [0.2, 0.25) is 0 Å². The zero-order valence-electron chi connectivity index (χ0n) is 28.1. The van der Waals surface area contributed by atoms with Crippen molar-refractivity contribution in [3.05, 3.63) is 125 Å². The van der Waals surface area contributed by atoms with E-state index in [4.69, 9.17) is 4.74 Å². The third-order valence-electron chi connectivity index (χ3n) is 8.14. The van der Waals surface area contributed by atoms with Crippen LogP contribution >= 0.6 is 0 Å². The molecule has 248 valence electrons. The van der Waals surface area contributed by atoms with Crippen molar-refractivity contribution in [2.75, 3.05) is 18.0 Å². The molecule has 4 rings (SSSR count). The standard InChI is InChI=1S/C38H45N3O5S/c1-7-30(5)39-38(43)36(24-31-12-9-8-10-13-31)40(25-32-14-11-15-34(23-32)46-6)37(42)26-41(33-21-28(3)20-29(4)22-33)47(44,45)35-18-16-27(2)17-19-35/h8-23,30,36H,7,24-26H2,1-6H3,(H,39,43)/t30-,36+/m1/s1. The summed E-state index contributed by atoms with van der Waals surface area (Å²) in [5.74, 6) is -0.209. The van der Waals surface area contributed by atoms with Gasteiger partial charge in [0, 0.05) is 19.0 Å². The van der Waals surface area contributed by atoms with Crippen molar-refractivity contribution in [2.24, 2.45) is 0 Å². The van der Waals surface area contributed by atoms with Crippen molar-refractivity contribution in [2.45, 2.75) is 71.0 Å². The molecule has 8 nitrogen and oxygen atoms in total. The van der Waals surface area contributed by atoms with Gasteiger partial charge in [-0.2, -0.15) is 0 Å². The summed E-state index contributed by atoms with van der Waals surface area (Å²) in [6.45, 7) is 9.11. The maximum Gasteiger partial charge on any atom is 0.264 e. The predicted octanol–water partition coefficient (Wildman–Crippen LogP) is 6.37. The molecular formula is C38H45N3O5S. The highest BCUT2D eigenvalue weighted by Gasteiger charge is 2.35. The molecule has 0 spiro atoms. The van der Waals surface area contributed by atoms with Crippen LogP contribution in [0.5, 0.6) is 5.75 Å². The van der Waals surface area contributed by atoms with Crippen LogP contribution in [0.15, 0.2) is 102 Å². The normalized spacial score (nSPS) is 12.6. The fourth-order valence-corrected chi connectivity index (χ4v) is 6.82. The first-order valence-corrected chi connectivity index (χ1v) is 17.3. The molecule has 1 N–H and O–H groups in total. The monoisotopic (exact) mass is 655 g/mol. The van der Waals surface area contributed by atoms with E-state index in [9.17, 15) is 18.0 Å². The second kappa shape index (κ2) is 15.8. The molecule has 0 fully saturated rings. The van der Waals surface area contributed by atoms with Gasteiger partial charge in [0.05, 0.1) is 17.7 Å². The summed E-state index contributed by atoms with van der Waals surface area (Å²) in [6, 6.07) is 27.8. The molecule has 2 amide bonds. The highest BCUT2D eigenvalue weighted by molar-refractivity contribution is 7.92. The minimum absolute atomic E-state index is 0.0622. The predicted molar refractivity (Wildman–Crippen MR) is 187 cm³/mol. The second-order valence-corrected chi connectivity index (χ2v) is 13.9. The minimum Gasteiger partial charge on any atom is -0.497 e. The Bertz CT molecular complexity index is 1750. The molecule has 47 heavy (non-hydrogen) atoms. The number of aryl methyl sites for hydroxylation is 3. The molecule has 0 aliphatic heterocycles. The van der Waals surface area contributed by atoms with Gasteiger partial charge >= 0.3 is 0 Å². The number of ether oxygens (including phenoxy) is 1. The Labute approximate surface area is 279 Å². The van der Waals surface area contributed by atoms with Gasteiger partial charge < -0.3 is 15.0 Å². The molecule has 4 aromatic rings. The zero-order valence-corrected chi connectivity index (χ0v) is 28.9. The molecule has 0 aliphatic rings. The number of methoxy groups -OCH3 is 1. The smallest absolute Gasteiger partial charge is 0.264 e. The number of nitrogens with zero attached hydrogens (tertiary/aromatic N) is 2. The number of rotatable bonds is 14. The number of hydrogen-bond acceptors (Lipinski definition) is 5. The highest BCUT2D eigenvalue weighted by atomic mass is 32.2. The third kappa shape index (κ3) is 9.23. The van der Waals surface area contributed by atoms with Crippen molar-refractivity contribution in [3.8, 4) is 5.75 Å². The van der Waals surface area contributed by atoms with Gasteiger partial charge in [-0.05, 0) is 92.8 Å². The van der Waals surface area contributed by atoms with Gasteiger partial charge in [0.15, 0.2) is 0 Å². The zero-order chi connectivity index (χ0) is 34.1. The Morgan fingerprint density at radius 2 is 1.45 bits per heavy atom. The van der Waals surface area contributed by atoms with Crippen LogP contribution in [-0.2, 0) is 32.6 Å². The quantitative estimate of drug-likeness (QED) is 0.170. The van der Waals surface area contributed by atoms with Crippen molar-refractivity contribution < 1.29 is 22.7 Å². The summed E-state index contributed by atoms with van der Waals surface area (Å²) in [6.07, 6.45) is 0.954. The molecule has 9 heteroatoms. The number of hydrogen-bond donors (Lipinski definition) is 1. The van der Waals surface area contributed by atoms with E-state index >= 15 is 0 Å². The van der Waals surface area contributed by atoms with Crippen LogP contribution in [0.1, 0.15) is 48.1 Å². The van der Waals surface area contributed by atoms with Crippen LogP contribution < -0.4 is 14.4 Å². The van der Waals surface area contributed by atoms with Crippen molar-refractivity contribution in [3.63, 3.8) is 0 Å². The maximum absolute atomic E-state index is 14.7. The van der Waals surface area contributed by atoms with E-state index in [2.05, 4.69) is 5.32 Å². The lowest BCUT2D eigenvalue weighted by atomic mass is 10.0. The molecule has 0 aromatic heterocycles. The van der Waals surface area contributed by atoms with Gasteiger partial charge in [-0.3, -0.25) is 13.9 Å². The largest absolute Gasteiger partial charge is 0.497 e. The molecule has 0 aliphatic carbocycles. The molecule has 0 saturated heterocycles. The molecule has 0 saturated carbocycles. The summed E-state index contributed by atoms with van der Waals surface area (Å²) in [5, 5.41) is 3.07. The number of sulfonamides is 1. The van der Waals surface area contributed by atoms with Gasteiger partial charge in [0.25, 0.3) is 10.0 Å². The van der Waals surface area contributed by atoms with Crippen molar-refractivity contribution in [1.82, 2.24) is 10.2 Å². The Morgan fingerprint density at radius 3 is 2.06 bits per heavy atom. The van der Waals surface area contributed by atoms with Crippen molar-refractivity contribution >= 4 is 27.5 Å². The number of amides is 2. The van der Waals surface area contributed by atoms with Crippen LogP contribution in [0.3, 0.4) is 0 Å². The van der Waals surface area contributed by atoms with E-state index in [1.807, 2.05) is 95.3 Å². The summed E-state index contributed by atoms with van der Waals surface area (Å²) < 4.78 is 35.2. The molecule has 0 radical (unpaired) electrons. The van der Waals surface area contributed by atoms with E-state index in [1.54, 1.807) is 43.5 Å². The Balaban J connectivity index is 1.84. The molecule has 4 aromatic carbocycles. The first-order valence-electron chi connectivity index (χ1n) is 15.9. The molecule has 0 bridgehead atoms. The second-order valence-electron chi connectivity index (χ2n) is 12.1. The molecule has 0 unspecified atom stereocenters. The number of carbonyl (C=O) groups excluding carboxylic acids is 2. The Morgan fingerprint density at radius 1 is 0.809 bits per heavy atom. The molecule has 2 atom stereocenters. The fraction of sp³-hybridized carbons (Fsp3) is 0.316. The maximum atomic E-state index is 14.7. The van der Waals surface area contributed by atoms with E-state index in [0.29, 0.717) is 17.9 Å². The SMILES string of the molecule is CC[C@@H](C)NC(=O)[C@H](Cc1ccccc1)N(Cc1cccc(OC)c1)C(=O)CN(c1cc(C)cc(C)c1)S(=O)(=O)c1ccc(C)cc1. The van der Waals surface area contributed by atoms with E-state index in [0.717, 1.165) is 32.1 Å². The topological polar surface area (TPSA) is 96.0 Å². The number of anilines is 1. The van der Waals surface area contributed by atoms with Crippen LogP contribution in [0.25, 0.3) is 0 Å². The summed E-state index contributed by atoms with van der Waals surface area (Å²) in [5.41, 5.74) is 4.63. The lowest BCUT2D eigenvalue weighted by molar-refractivity contribution is -0.140. The highest BCUT2D eigenvalue weighted by Crippen LogP contribution is 2.27. The van der Waals surface area contributed by atoms with Gasteiger partial charge in [-0.1, -0.05) is 73.2 Å². The van der Waals surface area contributed by atoms with E-state index < -0.39 is 28.5 Å². The van der Waals surface area contributed by atoms with Gasteiger partial charge in [-0.25, -0.2) is 8.42 Å². The third-order valence-corrected chi connectivity index (χ3v) is 9.93.